The number of nitrogens with two attached hydrogens (primary N) is 1. The van der Waals surface area contributed by atoms with E-state index < -0.39 is 5.91 Å². The smallest absolute Gasteiger partial charge is 0.455 e. The van der Waals surface area contributed by atoms with Gasteiger partial charge < -0.3 is 19.4 Å². The third kappa shape index (κ3) is 7.64. The third-order valence-corrected chi connectivity index (χ3v) is 1.08. The molecule has 1 aliphatic heterocycles. The first-order chi connectivity index (χ1) is 6.06. The second-order valence-electron chi connectivity index (χ2n) is 2.25. The molecule has 1 fully saturated rings. The Balaban J connectivity index is 0.000000252. The summed E-state index contributed by atoms with van der Waals surface area (Å²) in [6.07, 6.45) is 1.06. The lowest BCUT2D eigenvalue weighted by Gasteiger charge is -2.19. The third-order valence-electron chi connectivity index (χ3n) is 1.08. The Morgan fingerprint density at radius 1 is 1.46 bits per heavy atom. The Morgan fingerprint density at radius 3 is 2.00 bits per heavy atom. The van der Waals surface area contributed by atoms with Crippen LogP contribution in [-0.4, -0.2) is 27.8 Å². The molecule has 0 spiro atoms. The maximum absolute atomic E-state index is 9.47. The van der Waals surface area contributed by atoms with E-state index in [1.54, 1.807) is 0 Å². The van der Waals surface area contributed by atoms with E-state index in [9.17, 15) is 4.79 Å². The molecule has 1 rings (SSSR count). The monoisotopic (exact) mass is 182 g/mol. The molecule has 5 nitrogen and oxygen atoms in total. The molecule has 0 aromatic carbocycles. The van der Waals surface area contributed by atoms with Crippen molar-refractivity contribution < 1.29 is 18.5 Å². The van der Waals surface area contributed by atoms with Crippen LogP contribution in [-0.2, 0) is 18.5 Å². The standard InChI is InChI=1S/C3H5NO.C2H6B3O3/c1-2-3(4)5;1-4-6-3-7-5(2)8-4/h2H,1H2,(H2,4,5);1-2H3. The lowest BCUT2D eigenvalue weighted by atomic mass is 9.80. The molecule has 13 heavy (non-hydrogen) atoms. The van der Waals surface area contributed by atoms with Gasteiger partial charge in [0.05, 0.1) is 0 Å². The van der Waals surface area contributed by atoms with Gasteiger partial charge >= 0.3 is 21.9 Å². The van der Waals surface area contributed by atoms with Crippen molar-refractivity contribution in [2.45, 2.75) is 13.6 Å². The average Bonchev–Trinajstić information content (AvgIpc) is 2.05. The van der Waals surface area contributed by atoms with E-state index in [0.717, 1.165) is 6.08 Å². The van der Waals surface area contributed by atoms with E-state index in [2.05, 4.69) is 12.3 Å². The van der Waals surface area contributed by atoms with Gasteiger partial charge in [-0.25, -0.2) is 0 Å². The molecule has 1 aliphatic rings. The fourth-order valence-electron chi connectivity index (χ4n) is 0.523. The minimum absolute atomic E-state index is 0.168. The number of primary amides is 1. The van der Waals surface area contributed by atoms with Crippen molar-refractivity contribution in [3.63, 3.8) is 0 Å². The van der Waals surface area contributed by atoms with Crippen molar-refractivity contribution in [1.82, 2.24) is 0 Å². The zero-order valence-electron chi connectivity index (χ0n) is 7.73. The van der Waals surface area contributed by atoms with E-state index >= 15 is 0 Å². The Labute approximate surface area is 79.2 Å². The zero-order valence-corrected chi connectivity index (χ0v) is 7.73. The van der Waals surface area contributed by atoms with Crippen LogP contribution in [0.5, 0.6) is 0 Å². The lowest BCUT2D eigenvalue weighted by Crippen LogP contribution is -2.38. The normalized spacial score (nSPS) is 15.2. The molecule has 0 aromatic heterocycles. The van der Waals surface area contributed by atoms with E-state index in [0.29, 0.717) is 0 Å². The molecule has 0 aromatic rings. The van der Waals surface area contributed by atoms with Crippen molar-refractivity contribution in [3.05, 3.63) is 12.7 Å². The first-order valence-electron chi connectivity index (χ1n) is 3.76. The van der Waals surface area contributed by atoms with Crippen LogP contribution in [0.3, 0.4) is 0 Å². The molecule has 69 valence electrons. The summed E-state index contributed by atoms with van der Waals surface area (Å²) in [5, 5.41) is 0. The predicted octanol–water partition coefficient (Wildman–Crippen LogP) is -0.522. The van der Waals surface area contributed by atoms with Gasteiger partial charge in [0.1, 0.15) is 0 Å². The summed E-state index contributed by atoms with van der Waals surface area (Å²) in [5.41, 5.74) is 4.53. The van der Waals surface area contributed by atoms with Gasteiger partial charge in [-0.1, -0.05) is 6.58 Å². The first kappa shape index (κ1) is 12.3. The molecule has 1 amide bonds. The van der Waals surface area contributed by atoms with Gasteiger partial charge in [0, 0.05) is 0 Å². The molecule has 0 bridgehead atoms. The topological polar surface area (TPSA) is 70.8 Å². The van der Waals surface area contributed by atoms with Crippen LogP contribution < -0.4 is 5.73 Å². The second-order valence-corrected chi connectivity index (χ2v) is 2.25. The predicted molar refractivity (Wildman–Crippen MR) is 51.6 cm³/mol. The molecule has 0 unspecified atom stereocenters. The number of amides is 1. The maximum Gasteiger partial charge on any atom is 0.458 e. The average molecular weight is 182 g/mol. The molecule has 0 aliphatic carbocycles. The van der Waals surface area contributed by atoms with E-state index in [1.165, 1.54) is 7.69 Å². The van der Waals surface area contributed by atoms with Crippen molar-refractivity contribution in [2.24, 2.45) is 5.73 Å². The van der Waals surface area contributed by atoms with Gasteiger partial charge in [0.15, 0.2) is 0 Å². The Bertz CT molecular complexity index is 171. The number of carbonyl (C=O) groups is 1. The molecule has 0 saturated carbocycles. The summed E-state index contributed by atoms with van der Waals surface area (Å²) in [5.74, 6) is -0.481. The SMILES string of the molecule is C=CC(N)=O.CB1O[B]OB(C)O1. The highest BCUT2D eigenvalue weighted by molar-refractivity contribution is 6.66. The Morgan fingerprint density at radius 2 is 1.85 bits per heavy atom. The first-order valence-corrected chi connectivity index (χ1v) is 3.76. The summed E-state index contributed by atoms with van der Waals surface area (Å²) >= 11 is 0. The number of rotatable bonds is 1. The van der Waals surface area contributed by atoms with Crippen LogP contribution in [0.1, 0.15) is 0 Å². The van der Waals surface area contributed by atoms with Crippen LogP contribution in [0.4, 0.5) is 0 Å². The van der Waals surface area contributed by atoms with E-state index in [-0.39, 0.29) is 14.2 Å². The summed E-state index contributed by atoms with van der Waals surface area (Å²) < 4.78 is 14.6. The second kappa shape index (κ2) is 6.76. The summed E-state index contributed by atoms with van der Waals surface area (Å²) in [6, 6.07) is 0. The Kier molecular flexibility index (Phi) is 6.39. The molecular weight excluding hydrogens is 170 g/mol. The number of carbonyl (C=O) groups excluding carboxylic acids is 1. The van der Waals surface area contributed by atoms with Crippen LogP contribution in [0.25, 0.3) is 0 Å². The van der Waals surface area contributed by atoms with E-state index in [4.69, 9.17) is 13.7 Å². The lowest BCUT2D eigenvalue weighted by molar-refractivity contribution is -0.113. The molecule has 0 atom stereocenters. The van der Waals surface area contributed by atoms with Gasteiger partial charge in [0.25, 0.3) is 0 Å². The zero-order chi connectivity index (χ0) is 10.3. The fourth-order valence-corrected chi connectivity index (χ4v) is 0.523. The van der Waals surface area contributed by atoms with Gasteiger partial charge in [-0.15, -0.1) is 0 Å². The highest BCUT2D eigenvalue weighted by Gasteiger charge is 2.25. The minimum Gasteiger partial charge on any atom is -0.455 e. The highest BCUT2D eigenvalue weighted by Crippen LogP contribution is 1.99. The van der Waals surface area contributed by atoms with Crippen LogP contribution in [0, 0.1) is 0 Å². The van der Waals surface area contributed by atoms with Crippen molar-refractivity contribution in [3.8, 4) is 0 Å². The van der Waals surface area contributed by atoms with Gasteiger partial charge in [-0.3, -0.25) is 4.79 Å². The minimum atomic E-state index is -0.481. The quantitative estimate of drug-likeness (QED) is 0.437. The maximum atomic E-state index is 9.47. The van der Waals surface area contributed by atoms with Crippen molar-refractivity contribution in [1.29, 1.82) is 0 Å². The fraction of sp³-hybridized carbons (Fsp3) is 0.400. The van der Waals surface area contributed by atoms with Crippen LogP contribution >= 0.6 is 0 Å². The highest BCUT2D eigenvalue weighted by atomic mass is 16.7. The molecular formula is C5H11B3NO4. The van der Waals surface area contributed by atoms with Gasteiger partial charge in [0.2, 0.25) is 5.91 Å². The largest absolute Gasteiger partial charge is 0.458 e. The van der Waals surface area contributed by atoms with Gasteiger partial charge in [-0.2, -0.15) is 0 Å². The van der Waals surface area contributed by atoms with Crippen molar-refractivity contribution in [2.75, 3.05) is 0 Å². The van der Waals surface area contributed by atoms with Gasteiger partial charge in [-0.05, 0) is 19.7 Å². The number of hydrogen-bond donors (Lipinski definition) is 1. The molecule has 8 heteroatoms. The summed E-state index contributed by atoms with van der Waals surface area (Å²) in [7, 11) is 0.969. The molecule has 1 heterocycles. The van der Waals surface area contributed by atoms with Crippen molar-refractivity contribution >= 4 is 27.8 Å². The summed E-state index contributed by atoms with van der Waals surface area (Å²) in [6.45, 7) is 6.72. The Hall–Kier alpha value is -0.715. The van der Waals surface area contributed by atoms with Crippen LogP contribution in [0.2, 0.25) is 13.6 Å². The molecule has 2 N–H and O–H groups in total. The molecule has 1 radical (unpaired) electrons. The van der Waals surface area contributed by atoms with E-state index in [1.807, 2.05) is 13.6 Å². The van der Waals surface area contributed by atoms with Crippen LogP contribution in [0.15, 0.2) is 12.7 Å². The summed E-state index contributed by atoms with van der Waals surface area (Å²) in [4.78, 5) is 9.47. The molecule has 1 saturated heterocycles. The number of hydrogen-bond acceptors (Lipinski definition) is 4.